The summed E-state index contributed by atoms with van der Waals surface area (Å²) in [6.45, 7) is 6.03. The molecule has 2 nitrogen and oxygen atoms in total. The van der Waals surface area contributed by atoms with Crippen LogP contribution in [0.4, 0.5) is 0 Å². The predicted octanol–water partition coefficient (Wildman–Crippen LogP) is 5.99. The number of rotatable bonds is 1. The molecule has 1 unspecified atom stereocenters. The van der Waals surface area contributed by atoms with Gasteiger partial charge in [0, 0.05) is 6.42 Å². The quantitative estimate of drug-likeness (QED) is 0.538. The first-order chi connectivity index (χ1) is 12.5. The fraction of sp³-hybridized carbons (Fsp3) is 0.958. The normalized spacial score (nSPS) is 54.0. The van der Waals surface area contributed by atoms with Gasteiger partial charge in [-0.1, -0.05) is 26.7 Å². The monoisotopic (exact) mass is 358 g/mol. The van der Waals surface area contributed by atoms with Crippen molar-refractivity contribution in [3.05, 3.63) is 0 Å². The molecule has 0 N–H and O–H groups in total. The van der Waals surface area contributed by atoms with E-state index in [1.54, 1.807) is 0 Å². The van der Waals surface area contributed by atoms with E-state index in [2.05, 4.69) is 13.8 Å². The molecular formula is C24H38O2. The maximum absolute atomic E-state index is 11.5. The minimum absolute atomic E-state index is 0.0354. The van der Waals surface area contributed by atoms with Gasteiger partial charge in [0.1, 0.15) is 0 Å². The summed E-state index contributed by atoms with van der Waals surface area (Å²) < 4.78 is 5.48. The maximum atomic E-state index is 11.5. The lowest BCUT2D eigenvalue weighted by Gasteiger charge is -2.61. The standard InChI is InChI=1S/C24H38O2/c1-23-13-4-3-5-17(23)7-8-18-20-10-9-19(16-6-11-22(25)26-15-16)24(20,2)14-12-21(18)23/h16-21H,3-15H2,1-2H3/t16-,17?,18-,19+,20+,21-,23-,24+/m0/s1. The van der Waals surface area contributed by atoms with Crippen LogP contribution >= 0.6 is 0 Å². The van der Waals surface area contributed by atoms with Gasteiger partial charge >= 0.3 is 5.97 Å². The summed E-state index contributed by atoms with van der Waals surface area (Å²) in [4.78, 5) is 11.5. The fourth-order valence-electron chi connectivity index (χ4n) is 9.09. The first-order valence-electron chi connectivity index (χ1n) is 11.7. The Morgan fingerprint density at radius 2 is 1.62 bits per heavy atom. The van der Waals surface area contributed by atoms with Crippen LogP contribution in [0.2, 0.25) is 0 Å². The van der Waals surface area contributed by atoms with E-state index in [0.29, 0.717) is 29.8 Å². The minimum Gasteiger partial charge on any atom is -0.465 e. The summed E-state index contributed by atoms with van der Waals surface area (Å²) in [6, 6.07) is 0. The number of cyclic esters (lactones) is 1. The van der Waals surface area contributed by atoms with Crippen LogP contribution in [0.15, 0.2) is 0 Å². The largest absolute Gasteiger partial charge is 0.465 e. The Morgan fingerprint density at radius 1 is 0.808 bits per heavy atom. The molecule has 0 aromatic heterocycles. The molecule has 146 valence electrons. The molecule has 0 aromatic carbocycles. The molecule has 5 aliphatic rings. The third-order valence-electron chi connectivity index (χ3n) is 10.4. The number of fused-ring (bicyclic) bond motifs is 5. The van der Waals surface area contributed by atoms with Gasteiger partial charge in [0.2, 0.25) is 0 Å². The van der Waals surface area contributed by atoms with Crippen LogP contribution in [0.3, 0.4) is 0 Å². The first kappa shape index (κ1) is 17.6. The smallest absolute Gasteiger partial charge is 0.305 e. The molecule has 0 amide bonds. The van der Waals surface area contributed by atoms with Crippen molar-refractivity contribution in [1.82, 2.24) is 0 Å². The Kier molecular flexibility index (Phi) is 4.22. The SMILES string of the molecule is C[C@]12CC[C@H]3[C@@H](CCC4CCCC[C@@]43C)[C@H]1CC[C@@H]2[C@H]1CCC(=O)OC1. The van der Waals surface area contributed by atoms with Crippen molar-refractivity contribution in [2.75, 3.05) is 6.61 Å². The van der Waals surface area contributed by atoms with Crippen molar-refractivity contribution in [2.45, 2.75) is 90.9 Å². The molecule has 1 aliphatic heterocycles. The third-order valence-corrected chi connectivity index (χ3v) is 10.4. The van der Waals surface area contributed by atoms with Crippen LogP contribution in [0.1, 0.15) is 90.9 Å². The van der Waals surface area contributed by atoms with Gasteiger partial charge in [-0.15, -0.1) is 0 Å². The van der Waals surface area contributed by atoms with Gasteiger partial charge in [0.05, 0.1) is 6.61 Å². The molecule has 0 bridgehead atoms. The number of ether oxygens (including phenoxy) is 1. The summed E-state index contributed by atoms with van der Waals surface area (Å²) in [6.07, 6.45) is 16.5. The van der Waals surface area contributed by atoms with Crippen molar-refractivity contribution in [3.63, 3.8) is 0 Å². The van der Waals surface area contributed by atoms with E-state index in [4.69, 9.17) is 4.74 Å². The molecule has 26 heavy (non-hydrogen) atoms. The van der Waals surface area contributed by atoms with E-state index in [1.165, 1.54) is 64.2 Å². The second-order valence-electron chi connectivity index (χ2n) is 11.1. The first-order valence-corrected chi connectivity index (χ1v) is 11.7. The zero-order valence-corrected chi connectivity index (χ0v) is 17.0. The van der Waals surface area contributed by atoms with E-state index in [0.717, 1.165) is 36.0 Å². The molecule has 8 atom stereocenters. The lowest BCUT2D eigenvalue weighted by atomic mass is 9.44. The average Bonchev–Trinajstić information content (AvgIpc) is 2.99. The number of hydrogen-bond acceptors (Lipinski definition) is 2. The Morgan fingerprint density at radius 3 is 2.42 bits per heavy atom. The number of carbonyl (C=O) groups excluding carboxylic acids is 1. The highest BCUT2D eigenvalue weighted by Gasteiger charge is 2.60. The predicted molar refractivity (Wildman–Crippen MR) is 104 cm³/mol. The van der Waals surface area contributed by atoms with E-state index >= 15 is 0 Å². The van der Waals surface area contributed by atoms with Crippen LogP contribution in [0.25, 0.3) is 0 Å². The average molecular weight is 359 g/mol. The molecule has 4 aliphatic carbocycles. The van der Waals surface area contributed by atoms with Gasteiger partial charge in [-0.25, -0.2) is 0 Å². The highest BCUT2D eigenvalue weighted by molar-refractivity contribution is 5.69. The van der Waals surface area contributed by atoms with Crippen LogP contribution in [-0.4, -0.2) is 12.6 Å². The topological polar surface area (TPSA) is 26.3 Å². The van der Waals surface area contributed by atoms with Crippen molar-refractivity contribution in [2.24, 2.45) is 46.3 Å². The molecule has 1 saturated heterocycles. The second kappa shape index (κ2) is 6.24. The van der Waals surface area contributed by atoms with Gasteiger partial charge < -0.3 is 4.74 Å². The van der Waals surface area contributed by atoms with Gasteiger partial charge in [0.25, 0.3) is 0 Å². The lowest BCUT2D eigenvalue weighted by molar-refractivity contribution is -0.154. The van der Waals surface area contributed by atoms with E-state index in [9.17, 15) is 4.79 Å². The van der Waals surface area contributed by atoms with Crippen LogP contribution in [0, 0.1) is 46.3 Å². The summed E-state index contributed by atoms with van der Waals surface area (Å²) in [5.74, 6) is 5.44. The molecule has 0 radical (unpaired) electrons. The molecule has 2 heteroatoms. The highest BCUT2D eigenvalue weighted by atomic mass is 16.5. The Labute approximate surface area is 159 Å². The maximum Gasteiger partial charge on any atom is 0.305 e. The zero-order valence-electron chi connectivity index (χ0n) is 17.0. The lowest BCUT2D eigenvalue weighted by Crippen LogP contribution is -2.53. The van der Waals surface area contributed by atoms with Gasteiger partial charge in [-0.3, -0.25) is 4.79 Å². The van der Waals surface area contributed by atoms with E-state index in [1.807, 2.05) is 0 Å². The molecule has 4 saturated carbocycles. The van der Waals surface area contributed by atoms with Crippen LogP contribution in [-0.2, 0) is 9.53 Å². The highest BCUT2D eigenvalue weighted by Crippen LogP contribution is 2.68. The summed E-state index contributed by atoms with van der Waals surface area (Å²) in [5.41, 5.74) is 1.17. The van der Waals surface area contributed by atoms with Crippen molar-refractivity contribution in [1.29, 1.82) is 0 Å². The molecule has 0 spiro atoms. The third kappa shape index (κ3) is 2.46. The van der Waals surface area contributed by atoms with Crippen molar-refractivity contribution < 1.29 is 9.53 Å². The second-order valence-corrected chi connectivity index (χ2v) is 11.1. The van der Waals surface area contributed by atoms with E-state index < -0.39 is 0 Å². The van der Waals surface area contributed by atoms with Crippen LogP contribution in [0.5, 0.6) is 0 Å². The molecule has 0 aromatic rings. The number of carbonyl (C=O) groups is 1. The Hall–Kier alpha value is -0.530. The number of hydrogen-bond donors (Lipinski definition) is 0. The molecule has 5 fully saturated rings. The minimum atomic E-state index is 0.0354. The molecular weight excluding hydrogens is 320 g/mol. The summed E-state index contributed by atoms with van der Waals surface area (Å²) in [7, 11) is 0. The zero-order chi connectivity index (χ0) is 17.9. The van der Waals surface area contributed by atoms with E-state index in [-0.39, 0.29) is 5.97 Å². The van der Waals surface area contributed by atoms with Crippen LogP contribution < -0.4 is 0 Å². The Bertz CT molecular complexity index is 561. The van der Waals surface area contributed by atoms with Gasteiger partial charge in [-0.2, -0.15) is 0 Å². The molecule has 1 heterocycles. The van der Waals surface area contributed by atoms with Gasteiger partial charge in [0.15, 0.2) is 0 Å². The summed E-state index contributed by atoms with van der Waals surface area (Å²) in [5, 5.41) is 0. The van der Waals surface area contributed by atoms with Crippen molar-refractivity contribution in [3.8, 4) is 0 Å². The van der Waals surface area contributed by atoms with Crippen molar-refractivity contribution >= 4 is 5.97 Å². The Balaban J connectivity index is 1.37. The fourth-order valence-corrected chi connectivity index (χ4v) is 9.09. The number of esters is 1. The summed E-state index contributed by atoms with van der Waals surface area (Å²) >= 11 is 0. The molecule has 5 rings (SSSR count). The van der Waals surface area contributed by atoms with Gasteiger partial charge in [-0.05, 0) is 104 Å².